The second-order valence-electron chi connectivity index (χ2n) is 4.34. The van der Waals surface area contributed by atoms with Gasteiger partial charge in [-0.3, -0.25) is 4.79 Å². The zero-order chi connectivity index (χ0) is 13.5. The number of amides is 1. The van der Waals surface area contributed by atoms with Crippen LogP contribution in [-0.2, 0) is 4.79 Å². The third kappa shape index (κ3) is 4.18. The molecule has 4 heteroatoms. The summed E-state index contributed by atoms with van der Waals surface area (Å²) < 4.78 is 0. The minimum atomic E-state index is 0.0233. The number of nitrogens with one attached hydrogen (secondary N) is 1. The second-order valence-corrected chi connectivity index (χ2v) is 5.12. The van der Waals surface area contributed by atoms with Crippen LogP contribution in [0.5, 0.6) is 0 Å². The van der Waals surface area contributed by atoms with Crippen molar-refractivity contribution in [2.75, 3.05) is 5.32 Å². The van der Waals surface area contributed by atoms with Crippen molar-refractivity contribution in [2.24, 2.45) is 5.92 Å². The van der Waals surface area contributed by atoms with Gasteiger partial charge in [0.15, 0.2) is 0 Å². The first-order chi connectivity index (χ1) is 8.60. The van der Waals surface area contributed by atoms with Gasteiger partial charge in [-0.2, -0.15) is 0 Å². The van der Waals surface area contributed by atoms with Crippen LogP contribution >= 0.6 is 23.2 Å². The summed E-state index contributed by atoms with van der Waals surface area (Å²) in [6.07, 6.45) is 3.91. The summed E-state index contributed by atoms with van der Waals surface area (Å²) in [5, 5.41) is 3.71. The highest BCUT2D eigenvalue weighted by molar-refractivity contribution is 6.43. The van der Waals surface area contributed by atoms with Crippen molar-refractivity contribution in [1.82, 2.24) is 0 Å². The van der Waals surface area contributed by atoms with Gasteiger partial charge < -0.3 is 5.32 Å². The van der Waals surface area contributed by atoms with Gasteiger partial charge in [0.25, 0.3) is 0 Å². The molecular weight excluding hydrogens is 269 g/mol. The summed E-state index contributed by atoms with van der Waals surface area (Å²) in [4.78, 5) is 12.1. The number of benzene rings is 1. The van der Waals surface area contributed by atoms with Gasteiger partial charge in [0.2, 0.25) is 5.91 Å². The topological polar surface area (TPSA) is 29.1 Å². The Balaban J connectivity index is 2.70. The molecule has 18 heavy (non-hydrogen) atoms. The average molecular weight is 288 g/mol. The quantitative estimate of drug-likeness (QED) is 0.770. The lowest BCUT2D eigenvalue weighted by Crippen LogP contribution is -2.22. The number of hydrogen-bond donors (Lipinski definition) is 1. The molecule has 0 aromatic heterocycles. The van der Waals surface area contributed by atoms with E-state index in [4.69, 9.17) is 23.2 Å². The molecule has 0 radical (unpaired) electrons. The highest BCUT2D eigenvalue weighted by atomic mass is 35.5. The van der Waals surface area contributed by atoms with Crippen molar-refractivity contribution in [3.05, 3.63) is 28.2 Å². The van der Waals surface area contributed by atoms with E-state index in [-0.39, 0.29) is 11.8 Å². The van der Waals surface area contributed by atoms with Crippen LogP contribution in [0.25, 0.3) is 0 Å². The van der Waals surface area contributed by atoms with E-state index in [1.807, 2.05) is 6.92 Å². The van der Waals surface area contributed by atoms with Gasteiger partial charge >= 0.3 is 0 Å². The molecule has 0 saturated carbocycles. The molecule has 0 aliphatic heterocycles. The first-order valence-electron chi connectivity index (χ1n) is 6.35. The molecule has 2 nitrogen and oxygen atoms in total. The number of rotatable bonds is 6. The third-order valence-corrected chi connectivity index (χ3v) is 3.80. The lowest BCUT2D eigenvalue weighted by molar-refractivity contribution is -0.120. The molecular formula is C14H19Cl2NO. The Bertz CT molecular complexity index is 407. The second kappa shape index (κ2) is 7.65. The fraction of sp³-hybridized carbons (Fsp3) is 0.500. The first-order valence-corrected chi connectivity index (χ1v) is 7.10. The predicted molar refractivity (Wildman–Crippen MR) is 78.4 cm³/mol. The lowest BCUT2D eigenvalue weighted by atomic mass is 9.98. The molecule has 1 aromatic carbocycles. The number of halogens is 2. The number of carbonyl (C=O) groups is 1. The minimum Gasteiger partial charge on any atom is -0.324 e. The van der Waals surface area contributed by atoms with Crippen molar-refractivity contribution in [1.29, 1.82) is 0 Å². The Morgan fingerprint density at radius 3 is 2.67 bits per heavy atom. The van der Waals surface area contributed by atoms with Crippen LogP contribution in [0.1, 0.15) is 39.5 Å². The van der Waals surface area contributed by atoms with Crippen molar-refractivity contribution in [2.45, 2.75) is 39.5 Å². The maximum Gasteiger partial charge on any atom is 0.227 e. The van der Waals surface area contributed by atoms with E-state index in [1.165, 1.54) is 0 Å². The normalized spacial score (nSPS) is 12.2. The maximum absolute atomic E-state index is 12.1. The van der Waals surface area contributed by atoms with Gasteiger partial charge in [0.1, 0.15) is 0 Å². The smallest absolute Gasteiger partial charge is 0.227 e. The van der Waals surface area contributed by atoms with Gasteiger partial charge in [-0.05, 0) is 25.0 Å². The van der Waals surface area contributed by atoms with Crippen molar-refractivity contribution in [3.63, 3.8) is 0 Å². The fourth-order valence-electron chi connectivity index (χ4n) is 1.81. The molecule has 1 amide bonds. The van der Waals surface area contributed by atoms with E-state index < -0.39 is 0 Å². The molecule has 0 fully saturated rings. The summed E-state index contributed by atoms with van der Waals surface area (Å²) >= 11 is 12.0. The van der Waals surface area contributed by atoms with Crippen molar-refractivity contribution >= 4 is 34.8 Å². The molecule has 0 aliphatic rings. The van der Waals surface area contributed by atoms with Crippen LogP contribution in [0.2, 0.25) is 10.0 Å². The Morgan fingerprint density at radius 2 is 2.06 bits per heavy atom. The van der Waals surface area contributed by atoms with E-state index in [0.717, 1.165) is 25.7 Å². The summed E-state index contributed by atoms with van der Waals surface area (Å²) in [5.41, 5.74) is 0.587. The van der Waals surface area contributed by atoms with E-state index >= 15 is 0 Å². The number of carbonyl (C=O) groups excluding carboxylic acids is 1. The van der Waals surface area contributed by atoms with E-state index in [9.17, 15) is 4.79 Å². The molecule has 0 aliphatic carbocycles. The molecule has 0 bridgehead atoms. The monoisotopic (exact) mass is 287 g/mol. The highest BCUT2D eigenvalue weighted by Gasteiger charge is 2.17. The fourth-order valence-corrected chi connectivity index (χ4v) is 2.15. The Labute approximate surface area is 119 Å². The van der Waals surface area contributed by atoms with Crippen LogP contribution in [0.15, 0.2) is 18.2 Å². The van der Waals surface area contributed by atoms with Crippen molar-refractivity contribution in [3.8, 4) is 0 Å². The van der Waals surface area contributed by atoms with Crippen LogP contribution < -0.4 is 5.32 Å². The van der Waals surface area contributed by atoms with Crippen LogP contribution in [0.3, 0.4) is 0 Å². The molecule has 1 rings (SSSR count). The van der Waals surface area contributed by atoms with Crippen LogP contribution in [0, 0.1) is 5.92 Å². The predicted octanol–water partition coefficient (Wildman–Crippen LogP) is 5.15. The average Bonchev–Trinajstić information content (AvgIpc) is 2.36. The van der Waals surface area contributed by atoms with Gasteiger partial charge in [-0.15, -0.1) is 0 Å². The van der Waals surface area contributed by atoms with E-state index in [0.29, 0.717) is 15.7 Å². The van der Waals surface area contributed by atoms with Crippen molar-refractivity contribution < 1.29 is 4.79 Å². The standard InChI is InChI=1S/C14H19Cl2NO/c1-3-5-7-10(4-2)14(18)17-12-9-6-8-11(15)13(12)16/h6,8-10H,3-5,7H2,1-2H3,(H,17,18). The molecule has 0 saturated heterocycles. The lowest BCUT2D eigenvalue weighted by Gasteiger charge is -2.15. The number of unbranched alkanes of at least 4 members (excludes halogenated alkanes) is 1. The zero-order valence-corrected chi connectivity index (χ0v) is 12.3. The molecule has 0 heterocycles. The highest BCUT2D eigenvalue weighted by Crippen LogP contribution is 2.30. The summed E-state index contributed by atoms with van der Waals surface area (Å²) in [7, 11) is 0. The Morgan fingerprint density at radius 1 is 1.33 bits per heavy atom. The SMILES string of the molecule is CCCCC(CC)C(=O)Nc1cccc(Cl)c1Cl. The first kappa shape index (κ1) is 15.3. The Kier molecular flexibility index (Phi) is 6.51. The largest absolute Gasteiger partial charge is 0.324 e. The maximum atomic E-state index is 12.1. The summed E-state index contributed by atoms with van der Waals surface area (Å²) in [5.74, 6) is 0.0649. The van der Waals surface area contributed by atoms with Crippen LogP contribution in [0.4, 0.5) is 5.69 Å². The number of hydrogen-bond acceptors (Lipinski definition) is 1. The van der Waals surface area contributed by atoms with E-state index in [2.05, 4.69) is 12.2 Å². The summed E-state index contributed by atoms with van der Waals surface area (Å²) in [6.45, 7) is 4.15. The molecule has 1 aromatic rings. The zero-order valence-electron chi connectivity index (χ0n) is 10.8. The minimum absolute atomic E-state index is 0.0233. The van der Waals surface area contributed by atoms with Gasteiger partial charge in [0, 0.05) is 5.92 Å². The third-order valence-electron chi connectivity index (χ3n) is 2.98. The van der Waals surface area contributed by atoms with Gasteiger partial charge in [-0.1, -0.05) is 56.0 Å². The molecule has 0 spiro atoms. The molecule has 1 unspecified atom stereocenters. The van der Waals surface area contributed by atoms with Gasteiger partial charge in [-0.25, -0.2) is 0 Å². The molecule has 100 valence electrons. The summed E-state index contributed by atoms with van der Waals surface area (Å²) in [6, 6.07) is 5.24. The molecule has 1 atom stereocenters. The van der Waals surface area contributed by atoms with E-state index in [1.54, 1.807) is 18.2 Å². The Hall–Kier alpha value is -0.730. The molecule has 1 N–H and O–H groups in total. The van der Waals surface area contributed by atoms with Gasteiger partial charge in [0.05, 0.1) is 15.7 Å². The number of anilines is 1. The van der Waals surface area contributed by atoms with Crippen LogP contribution in [-0.4, -0.2) is 5.91 Å².